The summed E-state index contributed by atoms with van der Waals surface area (Å²) < 4.78 is 1.30. The van der Waals surface area contributed by atoms with Crippen molar-refractivity contribution >= 4 is 29.0 Å². The third-order valence-corrected chi connectivity index (χ3v) is 3.53. The Labute approximate surface area is 136 Å². The second kappa shape index (κ2) is 6.66. The van der Waals surface area contributed by atoms with Crippen molar-refractivity contribution in [3.05, 3.63) is 45.1 Å². The van der Waals surface area contributed by atoms with E-state index in [1.54, 1.807) is 13.8 Å². The molecule has 0 bridgehead atoms. The lowest BCUT2D eigenvalue weighted by atomic mass is 10.2. The minimum Gasteiger partial charge on any atom is -0.506 e. The number of aromatic nitrogens is 2. The molecule has 1 heterocycles. The Bertz CT molecular complexity index is 759. The van der Waals surface area contributed by atoms with E-state index in [9.17, 15) is 20.0 Å². The van der Waals surface area contributed by atoms with Gasteiger partial charge in [0.15, 0.2) is 6.04 Å². The zero-order valence-electron chi connectivity index (χ0n) is 12.5. The summed E-state index contributed by atoms with van der Waals surface area (Å²) in [4.78, 5) is 22.6. The van der Waals surface area contributed by atoms with Crippen LogP contribution in [0.15, 0.2) is 24.3 Å². The van der Waals surface area contributed by atoms with E-state index < -0.39 is 16.9 Å². The van der Waals surface area contributed by atoms with Crippen molar-refractivity contribution in [2.45, 2.75) is 26.3 Å². The first-order chi connectivity index (χ1) is 10.8. The molecule has 2 rings (SSSR count). The predicted molar refractivity (Wildman–Crippen MR) is 84.7 cm³/mol. The van der Waals surface area contributed by atoms with Gasteiger partial charge in [0.05, 0.1) is 22.5 Å². The van der Waals surface area contributed by atoms with Crippen molar-refractivity contribution in [3.8, 4) is 5.75 Å². The quantitative estimate of drug-likeness (QED) is 0.494. The van der Waals surface area contributed by atoms with Crippen molar-refractivity contribution < 1.29 is 14.8 Å². The number of aromatic hydroxyl groups is 1. The second-order valence-corrected chi connectivity index (χ2v) is 5.36. The average Bonchev–Trinajstić information content (AvgIpc) is 2.86. The number of nitro groups is 1. The Balaban J connectivity index is 2.28. The number of rotatable bonds is 5. The van der Waals surface area contributed by atoms with Crippen molar-refractivity contribution in [1.82, 2.24) is 9.78 Å². The van der Waals surface area contributed by atoms with E-state index in [1.165, 1.54) is 28.9 Å². The lowest BCUT2D eigenvalue weighted by molar-refractivity contribution is -0.389. The standard InChI is InChI=1S/C14H15ClN4O4/c1-3-11(18-8(2)6-13(17-18)19(22)23)14(21)16-10-7-9(15)4-5-12(10)20/h4-7,11,20H,3H2,1-2H3,(H,16,21). The summed E-state index contributed by atoms with van der Waals surface area (Å²) in [5.74, 6) is -0.897. The smallest absolute Gasteiger partial charge is 0.390 e. The molecule has 0 aliphatic heterocycles. The maximum Gasteiger partial charge on any atom is 0.390 e. The number of halogens is 1. The number of phenols is 1. The van der Waals surface area contributed by atoms with Gasteiger partial charge in [-0.05, 0) is 36.5 Å². The zero-order chi connectivity index (χ0) is 17.1. The molecule has 0 spiro atoms. The van der Waals surface area contributed by atoms with Gasteiger partial charge in [-0.2, -0.15) is 4.68 Å². The summed E-state index contributed by atoms with van der Waals surface area (Å²) >= 11 is 5.84. The van der Waals surface area contributed by atoms with E-state index in [4.69, 9.17) is 11.6 Å². The first-order valence-electron chi connectivity index (χ1n) is 6.83. The summed E-state index contributed by atoms with van der Waals surface area (Å²) in [7, 11) is 0. The molecule has 1 amide bonds. The zero-order valence-corrected chi connectivity index (χ0v) is 13.2. The largest absolute Gasteiger partial charge is 0.506 e. The molecule has 1 aromatic heterocycles. The normalized spacial score (nSPS) is 12.0. The van der Waals surface area contributed by atoms with Gasteiger partial charge in [0, 0.05) is 5.02 Å². The summed E-state index contributed by atoms with van der Waals surface area (Å²) in [5, 5.41) is 27.3. The van der Waals surface area contributed by atoms with Crippen LogP contribution in [0.2, 0.25) is 5.02 Å². The molecule has 1 aromatic carbocycles. The van der Waals surface area contributed by atoms with E-state index in [0.717, 1.165) is 0 Å². The van der Waals surface area contributed by atoms with Crippen LogP contribution in [0, 0.1) is 17.0 Å². The second-order valence-electron chi connectivity index (χ2n) is 4.92. The van der Waals surface area contributed by atoms with Crippen LogP contribution < -0.4 is 5.32 Å². The van der Waals surface area contributed by atoms with Gasteiger partial charge in [-0.25, -0.2) is 0 Å². The number of aryl methyl sites for hydroxylation is 1. The van der Waals surface area contributed by atoms with Crippen LogP contribution in [0.4, 0.5) is 11.5 Å². The number of amides is 1. The fourth-order valence-electron chi connectivity index (χ4n) is 2.17. The first-order valence-corrected chi connectivity index (χ1v) is 7.21. The Morgan fingerprint density at radius 2 is 2.22 bits per heavy atom. The molecule has 0 saturated heterocycles. The SMILES string of the molecule is CCC(C(=O)Nc1cc(Cl)ccc1O)n1nc([N+](=O)[O-])cc1C. The number of hydrogen-bond donors (Lipinski definition) is 2. The molecule has 0 radical (unpaired) electrons. The summed E-state index contributed by atoms with van der Waals surface area (Å²) in [5.41, 5.74) is 0.661. The van der Waals surface area contributed by atoms with E-state index in [1.807, 2.05) is 0 Å². The fourth-order valence-corrected chi connectivity index (χ4v) is 2.34. The predicted octanol–water partition coefficient (Wildman–Crippen LogP) is 3.05. The number of carbonyl (C=O) groups excluding carboxylic acids is 1. The van der Waals surface area contributed by atoms with Gasteiger partial charge in [0.1, 0.15) is 5.75 Å². The number of benzene rings is 1. The molecular weight excluding hydrogens is 324 g/mol. The average molecular weight is 339 g/mol. The van der Waals surface area contributed by atoms with Crippen LogP contribution in [0.1, 0.15) is 25.1 Å². The third kappa shape index (κ3) is 3.59. The van der Waals surface area contributed by atoms with Crippen LogP contribution >= 0.6 is 11.6 Å². The highest BCUT2D eigenvalue weighted by Gasteiger charge is 2.27. The Kier molecular flexibility index (Phi) is 4.85. The van der Waals surface area contributed by atoms with Gasteiger partial charge in [-0.1, -0.05) is 18.5 Å². The minimum absolute atomic E-state index is 0.124. The molecule has 0 saturated carbocycles. The summed E-state index contributed by atoms with van der Waals surface area (Å²) in [6, 6.07) is 4.82. The number of carbonyl (C=O) groups is 1. The molecule has 2 aromatic rings. The lowest BCUT2D eigenvalue weighted by Crippen LogP contribution is -2.27. The Hall–Kier alpha value is -2.61. The Morgan fingerprint density at radius 3 is 2.78 bits per heavy atom. The molecule has 0 aliphatic carbocycles. The van der Waals surface area contributed by atoms with Gasteiger partial charge < -0.3 is 20.5 Å². The van der Waals surface area contributed by atoms with Crippen LogP contribution in [-0.4, -0.2) is 25.7 Å². The van der Waals surface area contributed by atoms with Gasteiger partial charge in [-0.15, -0.1) is 0 Å². The highest BCUT2D eigenvalue weighted by molar-refractivity contribution is 6.31. The van der Waals surface area contributed by atoms with E-state index in [-0.39, 0.29) is 17.3 Å². The van der Waals surface area contributed by atoms with E-state index >= 15 is 0 Å². The lowest BCUT2D eigenvalue weighted by Gasteiger charge is -2.15. The van der Waals surface area contributed by atoms with E-state index in [2.05, 4.69) is 10.4 Å². The van der Waals surface area contributed by atoms with Crippen molar-refractivity contribution in [2.75, 3.05) is 5.32 Å². The van der Waals surface area contributed by atoms with Gasteiger partial charge in [0.2, 0.25) is 0 Å². The first kappa shape index (κ1) is 16.8. The third-order valence-electron chi connectivity index (χ3n) is 3.30. The molecular formula is C14H15ClN4O4. The highest BCUT2D eigenvalue weighted by atomic mass is 35.5. The van der Waals surface area contributed by atoms with Crippen LogP contribution in [0.25, 0.3) is 0 Å². The molecule has 9 heteroatoms. The van der Waals surface area contributed by atoms with Crippen molar-refractivity contribution in [3.63, 3.8) is 0 Å². The maximum absolute atomic E-state index is 12.4. The van der Waals surface area contributed by atoms with Crippen LogP contribution in [-0.2, 0) is 4.79 Å². The minimum atomic E-state index is -0.748. The molecule has 23 heavy (non-hydrogen) atoms. The molecule has 8 nitrogen and oxygen atoms in total. The summed E-state index contributed by atoms with van der Waals surface area (Å²) in [6.45, 7) is 3.39. The maximum atomic E-state index is 12.4. The number of phenolic OH excluding ortho intramolecular Hbond substituents is 1. The fraction of sp³-hybridized carbons (Fsp3) is 0.286. The number of anilines is 1. The van der Waals surface area contributed by atoms with Crippen LogP contribution in [0.3, 0.4) is 0 Å². The Morgan fingerprint density at radius 1 is 1.52 bits per heavy atom. The molecule has 0 fully saturated rings. The monoisotopic (exact) mass is 338 g/mol. The van der Waals surface area contributed by atoms with Crippen molar-refractivity contribution in [1.29, 1.82) is 0 Å². The van der Waals surface area contributed by atoms with Gasteiger partial charge in [-0.3, -0.25) is 4.79 Å². The van der Waals surface area contributed by atoms with E-state index in [0.29, 0.717) is 17.1 Å². The molecule has 1 unspecified atom stereocenters. The molecule has 0 aliphatic rings. The molecule has 2 N–H and O–H groups in total. The highest BCUT2D eigenvalue weighted by Crippen LogP contribution is 2.28. The van der Waals surface area contributed by atoms with Crippen molar-refractivity contribution in [2.24, 2.45) is 0 Å². The molecule has 1 atom stereocenters. The van der Waals surface area contributed by atoms with Crippen LogP contribution in [0.5, 0.6) is 5.75 Å². The summed E-state index contributed by atoms with van der Waals surface area (Å²) in [6.07, 6.45) is 0.368. The number of hydrogen-bond acceptors (Lipinski definition) is 5. The van der Waals surface area contributed by atoms with Gasteiger partial charge >= 0.3 is 5.82 Å². The van der Waals surface area contributed by atoms with Gasteiger partial charge in [0.25, 0.3) is 5.91 Å². The number of nitrogens with one attached hydrogen (secondary N) is 1. The number of nitrogens with zero attached hydrogens (tertiary/aromatic N) is 3. The molecule has 122 valence electrons. The topological polar surface area (TPSA) is 110 Å².